The number of hydrogen-bond donors (Lipinski definition) is 0. The Morgan fingerprint density at radius 3 is 2.51 bits per heavy atom. The van der Waals surface area contributed by atoms with E-state index in [4.69, 9.17) is 11.6 Å². The summed E-state index contributed by atoms with van der Waals surface area (Å²) in [4.78, 5) is 18.3. The first-order valence-electron chi connectivity index (χ1n) is 11.9. The largest absolute Gasteiger partial charge is 0.434 e. The normalized spacial score (nSPS) is 14.1. The van der Waals surface area contributed by atoms with Crippen LogP contribution in [0.5, 0.6) is 0 Å². The van der Waals surface area contributed by atoms with Crippen molar-refractivity contribution in [1.82, 2.24) is 29.1 Å². The quantitative estimate of drug-likeness (QED) is 0.314. The third-order valence-corrected chi connectivity index (χ3v) is 6.67. The summed E-state index contributed by atoms with van der Waals surface area (Å²) in [6.45, 7) is 6.79. The van der Waals surface area contributed by atoms with Crippen molar-refractivity contribution < 1.29 is 18.0 Å². The van der Waals surface area contributed by atoms with Crippen LogP contribution in [-0.2, 0) is 30.6 Å². The number of aromatic nitrogens is 6. The van der Waals surface area contributed by atoms with Gasteiger partial charge in [0, 0.05) is 37.0 Å². The Hall–Kier alpha value is -3.60. The minimum absolute atomic E-state index is 0.0846. The summed E-state index contributed by atoms with van der Waals surface area (Å²) >= 11 is 6.79. The zero-order valence-electron chi connectivity index (χ0n) is 20.5. The maximum absolute atomic E-state index is 13.2. The third kappa shape index (κ3) is 4.52. The van der Waals surface area contributed by atoms with E-state index in [1.165, 1.54) is 4.57 Å². The molecule has 0 radical (unpaired) electrons. The number of benzene rings is 1. The molecule has 1 aliphatic rings. The number of imidazole rings is 1. The van der Waals surface area contributed by atoms with Crippen molar-refractivity contribution in [2.24, 2.45) is 0 Å². The summed E-state index contributed by atoms with van der Waals surface area (Å²) in [5.41, 5.74) is 1.75. The van der Waals surface area contributed by atoms with Gasteiger partial charge in [-0.05, 0) is 32.4 Å². The predicted octanol–water partition coefficient (Wildman–Crippen LogP) is 5.82. The van der Waals surface area contributed by atoms with Crippen LogP contribution in [0.2, 0.25) is 5.02 Å². The highest BCUT2D eigenvalue weighted by molar-refractivity contribution is 6.36. The number of anilines is 1. The smallest absolute Gasteiger partial charge is 0.331 e. The van der Waals surface area contributed by atoms with Crippen LogP contribution in [0, 0.1) is 0 Å². The van der Waals surface area contributed by atoms with E-state index in [0.29, 0.717) is 35.2 Å². The molecule has 8 nitrogen and oxygen atoms in total. The van der Waals surface area contributed by atoms with Crippen LogP contribution in [0.25, 0.3) is 22.8 Å². The van der Waals surface area contributed by atoms with Gasteiger partial charge in [0.05, 0.1) is 18.8 Å². The predicted molar refractivity (Wildman–Crippen MR) is 133 cm³/mol. The van der Waals surface area contributed by atoms with Crippen LogP contribution in [0.4, 0.5) is 19.0 Å². The van der Waals surface area contributed by atoms with Gasteiger partial charge >= 0.3 is 6.18 Å². The lowest BCUT2D eigenvalue weighted by Gasteiger charge is -2.28. The molecule has 0 unspecified atom stereocenters. The molecule has 1 aliphatic heterocycles. The Bertz CT molecular complexity index is 1450. The van der Waals surface area contributed by atoms with Gasteiger partial charge in [-0.3, -0.25) is 14.4 Å². The monoisotopic (exact) mass is 531 g/mol. The molecule has 4 aromatic rings. The molecule has 37 heavy (non-hydrogen) atoms. The standard InChI is InChI=1S/C25H25ClF3N7O/c1-4-33-14-19(25(27,28)29)31-23(33)17-7-5-16(6-8-17)13-34-20(37)10-12-35-24(34)21(26)22(32-35)18-9-11-30-36(18)15(2)3/h5-9,11,14-15H,4,10,12-13H2,1-3H3. The molecule has 0 N–H and O–H groups in total. The molecule has 4 heterocycles. The Morgan fingerprint density at radius 2 is 1.86 bits per heavy atom. The van der Waals surface area contributed by atoms with Gasteiger partial charge in [0.15, 0.2) is 11.5 Å². The Labute approximate surface area is 216 Å². The maximum atomic E-state index is 13.2. The number of amides is 1. The number of hydrogen-bond acceptors (Lipinski definition) is 4. The maximum Gasteiger partial charge on any atom is 0.434 e. The van der Waals surface area contributed by atoms with Crippen molar-refractivity contribution in [3.63, 3.8) is 0 Å². The molecule has 0 atom stereocenters. The third-order valence-electron chi connectivity index (χ3n) is 6.33. The summed E-state index contributed by atoms with van der Waals surface area (Å²) in [6.07, 6.45) is -1.53. The first kappa shape index (κ1) is 25.1. The van der Waals surface area contributed by atoms with E-state index >= 15 is 0 Å². The van der Waals surface area contributed by atoms with Crippen molar-refractivity contribution in [1.29, 1.82) is 0 Å². The van der Waals surface area contributed by atoms with E-state index in [0.717, 1.165) is 17.5 Å². The van der Waals surface area contributed by atoms with E-state index in [9.17, 15) is 18.0 Å². The molecule has 5 rings (SSSR count). The molecule has 194 valence electrons. The fraction of sp³-hybridized carbons (Fsp3) is 0.360. The van der Waals surface area contributed by atoms with Gasteiger partial charge < -0.3 is 4.57 Å². The molecular weight excluding hydrogens is 507 g/mol. The number of aryl methyl sites for hydroxylation is 2. The van der Waals surface area contributed by atoms with Crippen molar-refractivity contribution in [2.75, 3.05) is 4.90 Å². The molecule has 0 spiro atoms. The number of carbonyl (C=O) groups excluding carboxylic acids is 1. The average molecular weight is 532 g/mol. The molecule has 1 aromatic carbocycles. The van der Waals surface area contributed by atoms with E-state index in [2.05, 4.69) is 15.2 Å². The van der Waals surface area contributed by atoms with Crippen LogP contribution in [0.3, 0.4) is 0 Å². The van der Waals surface area contributed by atoms with Gasteiger partial charge in [0.1, 0.15) is 16.5 Å². The van der Waals surface area contributed by atoms with Gasteiger partial charge in [0.25, 0.3) is 0 Å². The van der Waals surface area contributed by atoms with Crippen molar-refractivity contribution >= 4 is 23.3 Å². The zero-order chi connectivity index (χ0) is 26.5. The van der Waals surface area contributed by atoms with Gasteiger partial charge in [-0.1, -0.05) is 35.9 Å². The highest BCUT2D eigenvalue weighted by atomic mass is 35.5. The van der Waals surface area contributed by atoms with Gasteiger partial charge in [0.2, 0.25) is 5.91 Å². The molecule has 1 amide bonds. The zero-order valence-corrected chi connectivity index (χ0v) is 21.3. The highest BCUT2D eigenvalue weighted by Gasteiger charge is 2.35. The summed E-state index contributed by atoms with van der Waals surface area (Å²) in [5.74, 6) is 0.673. The lowest BCUT2D eigenvalue weighted by molar-refractivity contribution is -0.140. The van der Waals surface area contributed by atoms with Gasteiger partial charge in [-0.2, -0.15) is 23.4 Å². The number of fused-ring (bicyclic) bond motifs is 1. The fourth-order valence-electron chi connectivity index (χ4n) is 4.51. The summed E-state index contributed by atoms with van der Waals surface area (Å²) < 4.78 is 44.5. The average Bonchev–Trinajstić information content (AvgIpc) is 3.58. The molecule has 0 saturated heterocycles. The first-order chi connectivity index (χ1) is 17.6. The lowest BCUT2D eigenvalue weighted by atomic mass is 10.1. The Morgan fingerprint density at radius 1 is 1.14 bits per heavy atom. The van der Waals surface area contributed by atoms with Crippen molar-refractivity contribution in [3.8, 4) is 22.8 Å². The van der Waals surface area contributed by atoms with Crippen LogP contribution in [-0.4, -0.2) is 35.0 Å². The molecule has 0 saturated carbocycles. The minimum atomic E-state index is -4.52. The second-order valence-electron chi connectivity index (χ2n) is 9.12. The van der Waals surface area contributed by atoms with Crippen LogP contribution >= 0.6 is 11.6 Å². The molecule has 12 heteroatoms. The van der Waals surface area contributed by atoms with Crippen LogP contribution < -0.4 is 4.90 Å². The number of rotatable bonds is 6. The molecular formula is C25H25ClF3N7O. The van der Waals surface area contributed by atoms with Gasteiger partial charge in [-0.25, -0.2) is 9.67 Å². The van der Waals surface area contributed by atoms with Crippen LogP contribution in [0.1, 0.15) is 44.5 Å². The summed E-state index contributed by atoms with van der Waals surface area (Å²) in [6, 6.07) is 8.93. The molecule has 0 aliphatic carbocycles. The number of halogens is 4. The van der Waals surface area contributed by atoms with E-state index in [1.54, 1.807) is 47.0 Å². The van der Waals surface area contributed by atoms with Crippen molar-refractivity contribution in [3.05, 3.63) is 59.0 Å². The van der Waals surface area contributed by atoms with Crippen molar-refractivity contribution in [2.45, 2.75) is 59.0 Å². The lowest BCUT2D eigenvalue weighted by Crippen LogP contribution is -2.37. The second-order valence-corrected chi connectivity index (χ2v) is 9.50. The second kappa shape index (κ2) is 9.37. The summed E-state index contributed by atoms with van der Waals surface area (Å²) in [7, 11) is 0. The number of nitrogens with zero attached hydrogens (tertiary/aromatic N) is 7. The van der Waals surface area contributed by atoms with Gasteiger partial charge in [-0.15, -0.1) is 0 Å². The first-order valence-corrected chi connectivity index (χ1v) is 12.3. The van der Waals surface area contributed by atoms with E-state index in [-0.39, 0.29) is 30.7 Å². The molecule has 3 aromatic heterocycles. The number of alkyl halides is 3. The topological polar surface area (TPSA) is 73.8 Å². The molecule has 0 fully saturated rings. The fourth-order valence-corrected chi connectivity index (χ4v) is 4.84. The van der Waals surface area contributed by atoms with E-state index < -0.39 is 11.9 Å². The number of carbonyl (C=O) groups is 1. The Kier molecular flexibility index (Phi) is 6.35. The van der Waals surface area contributed by atoms with Crippen LogP contribution in [0.15, 0.2) is 42.7 Å². The summed E-state index contributed by atoms with van der Waals surface area (Å²) in [5, 5.41) is 9.42. The SMILES string of the molecule is CCn1cc(C(F)(F)F)nc1-c1ccc(CN2C(=O)CCn3nc(-c4ccnn4C(C)C)c(Cl)c32)cc1. The molecule has 0 bridgehead atoms. The minimum Gasteiger partial charge on any atom is -0.331 e. The Balaban J connectivity index is 1.45. The highest BCUT2D eigenvalue weighted by Crippen LogP contribution is 2.39. The van der Waals surface area contributed by atoms with E-state index in [1.807, 2.05) is 24.6 Å².